The Morgan fingerprint density at radius 2 is 1.52 bits per heavy atom. The highest BCUT2D eigenvalue weighted by Crippen LogP contribution is 2.33. The van der Waals surface area contributed by atoms with Gasteiger partial charge in [0.1, 0.15) is 15.9 Å². The van der Waals surface area contributed by atoms with Crippen LogP contribution in [0.2, 0.25) is 15.1 Å². The third-order valence-electron chi connectivity index (χ3n) is 4.82. The molecular weight excluding hydrogens is 517 g/mol. The number of hydrogen-bond donors (Lipinski definition) is 0. The molecule has 0 spiro atoms. The Morgan fingerprint density at radius 3 is 2.03 bits per heavy atom. The largest absolute Gasteiger partial charge is 0.456 e. The monoisotopic (exact) mass is 531 g/mol. The second-order valence-corrected chi connectivity index (χ2v) is 10.7. The number of carbonyl (C=O) groups excluding carboxylic acids is 4. The molecule has 0 unspecified atom stereocenters. The topological polar surface area (TPSA) is 115 Å². The summed E-state index contributed by atoms with van der Waals surface area (Å²) in [5, 5.41) is 0.208. The van der Waals surface area contributed by atoms with Crippen LogP contribution in [-0.4, -0.2) is 61.5 Å². The van der Waals surface area contributed by atoms with Gasteiger partial charge in [0.2, 0.25) is 5.78 Å². The van der Waals surface area contributed by atoms with Gasteiger partial charge in [0, 0.05) is 11.8 Å². The van der Waals surface area contributed by atoms with E-state index in [0.29, 0.717) is 4.90 Å². The molecule has 2 amide bonds. The van der Waals surface area contributed by atoms with Gasteiger partial charge in [-0.3, -0.25) is 19.3 Å². The Hall–Kier alpha value is -2.46. The van der Waals surface area contributed by atoms with Crippen LogP contribution in [0, 0.1) is 0 Å². The summed E-state index contributed by atoms with van der Waals surface area (Å²) in [6.07, 6.45) is 0.517. The molecule has 12 heteroatoms. The average Bonchev–Trinajstić information content (AvgIpc) is 2.96. The molecule has 8 nitrogen and oxygen atoms in total. The van der Waals surface area contributed by atoms with Crippen LogP contribution in [0.4, 0.5) is 0 Å². The maximum Gasteiger partial charge on any atom is 0.329 e. The van der Waals surface area contributed by atoms with Crippen LogP contribution in [-0.2, 0) is 19.4 Å². The van der Waals surface area contributed by atoms with E-state index in [9.17, 15) is 27.6 Å². The Bertz CT molecular complexity index is 1240. The van der Waals surface area contributed by atoms with E-state index in [4.69, 9.17) is 39.5 Å². The van der Waals surface area contributed by atoms with Crippen molar-refractivity contribution in [2.45, 2.75) is 12.5 Å². The van der Waals surface area contributed by atoms with E-state index in [1.807, 2.05) is 0 Å². The number of ketones is 1. The van der Waals surface area contributed by atoms with Crippen LogP contribution in [0.1, 0.15) is 37.5 Å². The highest BCUT2D eigenvalue weighted by atomic mass is 35.5. The smallest absolute Gasteiger partial charge is 0.329 e. The molecule has 2 aromatic rings. The molecule has 174 valence electrons. The molecule has 0 saturated carbocycles. The molecule has 0 N–H and O–H groups in total. The van der Waals surface area contributed by atoms with Crippen molar-refractivity contribution in [1.82, 2.24) is 4.90 Å². The highest BCUT2D eigenvalue weighted by molar-refractivity contribution is 7.90. The number of amides is 2. The molecule has 2 aromatic carbocycles. The number of halogens is 3. The van der Waals surface area contributed by atoms with Crippen LogP contribution in [0.5, 0.6) is 0 Å². The molecule has 3 rings (SSSR count). The molecular formula is C21H16Cl3NO7S. The van der Waals surface area contributed by atoms with Crippen molar-refractivity contribution in [1.29, 1.82) is 0 Å². The SMILES string of the molecule is CS(=O)(=O)CC[C@@H](C(=O)OCC(=O)c1ccccc1Cl)N1C(=O)c2cc(Cl)c(Cl)cc2C1=O. The Morgan fingerprint density at radius 1 is 0.970 bits per heavy atom. The fourth-order valence-electron chi connectivity index (χ4n) is 3.21. The summed E-state index contributed by atoms with van der Waals surface area (Å²) < 4.78 is 28.4. The third kappa shape index (κ3) is 5.55. The number of esters is 1. The lowest BCUT2D eigenvalue weighted by Crippen LogP contribution is -2.46. The maximum atomic E-state index is 12.9. The average molecular weight is 533 g/mol. The van der Waals surface area contributed by atoms with Crippen molar-refractivity contribution in [2.75, 3.05) is 18.6 Å². The lowest BCUT2D eigenvalue weighted by molar-refractivity contribution is -0.147. The lowest BCUT2D eigenvalue weighted by Gasteiger charge is -2.24. The fraction of sp³-hybridized carbons (Fsp3) is 0.238. The molecule has 33 heavy (non-hydrogen) atoms. The van der Waals surface area contributed by atoms with Crippen molar-refractivity contribution in [3.05, 3.63) is 68.2 Å². The number of imide groups is 1. The van der Waals surface area contributed by atoms with E-state index in [2.05, 4.69) is 0 Å². The van der Waals surface area contributed by atoms with E-state index < -0.39 is 58.2 Å². The summed E-state index contributed by atoms with van der Waals surface area (Å²) in [4.78, 5) is 51.6. The summed E-state index contributed by atoms with van der Waals surface area (Å²) in [6, 6.07) is 6.91. The minimum absolute atomic E-state index is 0.0269. The molecule has 0 bridgehead atoms. The molecule has 1 aliphatic heterocycles. The summed E-state index contributed by atoms with van der Waals surface area (Å²) in [5.41, 5.74) is -0.0536. The molecule has 1 aliphatic rings. The molecule has 0 saturated heterocycles. The van der Waals surface area contributed by atoms with Crippen molar-refractivity contribution in [3.63, 3.8) is 0 Å². The first-order valence-corrected chi connectivity index (χ1v) is 12.6. The van der Waals surface area contributed by atoms with Crippen LogP contribution < -0.4 is 0 Å². The Labute approximate surface area is 204 Å². The quantitative estimate of drug-likeness (QED) is 0.290. The first-order valence-electron chi connectivity index (χ1n) is 9.39. The summed E-state index contributed by atoms with van der Waals surface area (Å²) >= 11 is 17.8. The molecule has 0 aliphatic carbocycles. The first-order chi connectivity index (χ1) is 15.4. The zero-order valence-electron chi connectivity index (χ0n) is 17.0. The van der Waals surface area contributed by atoms with Crippen LogP contribution >= 0.6 is 34.8 Å². The van der Waals surface area contributed by atoms with Crippen LogP contribution in [0.15, 0.2) is 36.4 Å². The van der Waals surface area contributed by atoms with E-state index >= 15 is 0 Å². The number of Topliss-reactive ketones (excluding diaryl/α,β-unsaturated/α-hetero) is 1. The number of carbonyl (C=O) groups is 4. The van der Waals surface area contributed by atoms with E-state index in [1.165, 1.54) is 24.3 Å². The number of sulfone groups is 1. The van der Waals surface area contributed by atoms with Crippen molar-refractivity contribution in [3.8, 4) is 0 Å². The predicted octanol–water partition coefficient (Wildman–Crippen LogP) is 3.47. The molecule has 0 fully saturated rings. The van der Waals surface area contributed by atoms with E-state index in [0.717, 1.165) is 6.26 Å². The fourth-order valence-corrected chi connectivity index (χ4v) is 4.43. The van der Waals surface area contributed by atoms with Gasteiger partial charge in [-0.05, 0) is 30.7 Å². The van der Waals surface area contributed by atoms with Crippen molar-refractivity contribution < 1.29 is 32.3 Å². The van der Waals surface area contributed by atoms with Gasteiger partial charge >= 0.3 is 5.97 Å². The number of benzene rings is 2. The second kappa shape index (κ2) is 9.80. The van der Waals surface area contributed by atoms with Gasteiger partial charge in [0.15, 0.2) is 6.61 Å². The Balaban J connectivity index is 1.86. The number of nitrogens with zero attached hydrogens (tertiary/aromatic N) is 1. The maximum absolute atomic E-state index is 12.9. The number of ether oxygens (including phenoxy) is 1. The zero-order chi connectivity index (χ0) is 24.5. The van der Waals surface area contributed by atoms with Gasteiger partial charge in [-0.15, -0.1) is 0 Å². The van der Waals surface area contributed by atoms with E-state index in [-0.39, 0.29) is 31.8 Å². The Kier molecular flexibility index (Phi) is 7.48. The first kappa shape index (κ1) is 25.2. The molecule has 1 atom stereocenters. The standard InChI is InChI=1S/C21H16Cl3NO7S/c1-33(30,31)7-6-17(21(29)32-10-18(26)11-4-2-3-5-14(11)22)25-19(27)12-8-15(23)16(24)9-13(12)20(25)28/h2-5,8-9,17H,6-7,10H2,1H3/t17-/m0/s1. The molecule has 0 radical (unpaired) electrons. The van der Waals surface area contributed by atoms with Crippen molar-refractivity contribution in [2.24, 2.45) is 0 Å². The van der Waals surface area contributed by atoms with Gasteiger partial charge in [-0.1, -0.05) is 46.9 Å². The van der Waals surface area contributed by atoms with Gasteiger partial charge in [-0.25, -0.2) is 13.2 Å². The summed E-state index contributed by atoms with van der Waals surface area (Å²) in [7, 11) is -3.56. The summed E-state index contributed by atoms with van der Waals surface area (Å²) in [6.45, 7) is -0.723. The minimum atomic E-state index is -3.56. The third-order valence-corrected chi connectivity index (χ3v) is 6.85. The lowest BCUT2D eigenvalue weighted by atomic mass is 10.1. The van der Waals surface area contributed by atoms with Gasteiger partial charge < -0.3 is 4.74 Å². The normalized spacial score (nSPS) is 14.2. The van der Waals surface area contributed by atoms with E-state index in [1.54, 1.807) is 12.1 Å². The highest BCUT2D eigenvalue weighted by Gasteiger charge is 2.44. The molecule has 0 aromatic heterocycles. The minimum Gasteiger partial charge on any atom is -0.456 e. The van der Waals surface area contributed by atoms with Crippen molar-refractivity contribution >= 4 is 68.2 Å². The predicted molar refractivity (Wildman–Crippen MR) is 122 cm³/mol. The molecule has 1 heterocycles. The van der Waals surface area contributed by atoms with Crippen LogP contribution in [0.3, 0.4) is 0 Å². The number of hydrogen-bond acceptors (Lipinski definition) is 7. The van der Waals surface area contributed by atoms with Gasteiger partial charge in [0.05, 0.1) is 31.9 Å². The number of rotatable bonds is 8. The summed E-state index contributed by atoms with van der Waals surface area (Å²) in [5.74, 6) is -3.97. The van der Waals surface area contributed by atoms with Gasteiger partial charge in [0.25, 0.3) is 11.8 Å². The second-order valence-electron chi connectivity index (χ2n) is 7.24. The number of fused-ring (bicyclic) bond motifs is 1. The van der Waals surface area contributed by atoms with Gasteiger partial charge in [-0.2, -0.15) is 0 Å². The van der Waals surface area contributed by atoms with Crippen LogP contribution in [0.25, 0.3) is 0 Å². The zero-order valence-corrected chi connectivity index (χ0v) is 20.1.